The second kappa shape index (κ2) is 7.01. The first-order valence-corrected chi connectivity index (χ1v) is 9.25. The molecule has 0 bridgehead atoms. The number of nitrogens with zero attached hydrogens (tertiary/aromatic N) is 2. The second-order valence-electron chi connectivity index (χ2n) is 6.34. The summed E-state index contributed by atoms with van der Waals surface area (Å²) in [6.45, 7) is -0.485. The van der Waals surface area contributed by atoms with Crippen LogP contribution in [0, 0.1) is 23.3 Å². The largest absolute Gasteiger partial charge is 0.454 e. The van der Waals surface area contributed by atoms with E-state index in [0.717, 1.165) is 36.6 Å². The molecule has 4 rings (SSSR count). The highest BCUT2D eigenvalue weighted by Crippen LogP contribution is 2.37. The van der Waals surface area contributed by atoms with Crippen LogP contribution >= 0.6 is 11.3 Å². The molecule has 0 saturated heterocycles. The van der Waals surface area contributed by atoms with Gasteiger partial charge in [0.2, 0.25) is 0 Å². The van der Waals surface area contributed by atoms with Crippen LogP contribution in [-0.4, -0.2) is 15.9 Å². The van der Waals surface area contributed by atoms with Gasteiger partial charge in [-0.3, -0.25) is 0 Å². The third-order valence-corrected chi connectivity index (χ3v) is 5.73. The van der Waals surface area contributed by atoms with Crippen LogP contribution in [0.2, 0.25) is 0 Å². The number of thiophene rings is 1. The maximum Gasteiger partial charge on any atom is 0.341 e. The highest BCUT2D eigenvalue weighted by Gasteiger charge is 2.25. The minimum Gasteiger partial charge on any atom is -0.454 e. The van der Waals surface area contributed by atoms with Crippen molar-refractivity contribution < 1.29 is 27.1 Å². The molecule has 2 aromatic heterocycles. The van der Waals surface area contributed by atoms with Gasteiger partial charge in [0, 0.05) is 4.88 Å². The highest BCUT2D eigenvalue weighted by molar-refractivity contribution is 7.19. The van der Waals surface area contributed by atoms with Gasteiger partial charge in [-0.25, -0.2) is 32.3 Å². The first-order valence-electron chi connectivity index (χ1n) is 8.43. The lowest BCUT2D eigenvalue weighted by Gasteiger charge is -2.11. The number of hydrogen-bond donors (Lipinski definition) is 1. The number of carbonyl (C=O) groups excluding carboxylic acids is 1. The molecule has 146 valence electrons. The molecule has 1 aliphatic rings. The van der Waals surface area contributed by atoms with Crippen LogP contribution in [0.1, 0.15) is 39.5 Å². The number of fused-ring (bicyclic) bond motifs is 3. The van der Waals surface area contributed by atoms with Crippen molar-refractivity contribution in [1.82, 2.24) is 9.97 Å². The summed E-state index contributed by atoms with van der Waals surface area (Å²) in [5.41, 5.74) is 6.12. The van der Waals surface area contributed by atoms with E-state index in [9.17, 15) is 22.4 Å². The number of rotatable bonds is 3. The summed E-state index contributed by atoms with van der Waals surface area (Å²) in [7, 11) is 0. The SMILES string of the molecule is Nc1nc(COC(=O)c2cc(F)c(F)c(F)c2F)nc2sc3c(c12)CCCC3. The fraction of sp³-hybridized carbons (Fsp3) is 0.278. The van der Waals surface area contributed by atoms with E-state index in [2.05, 4.69) is 9.97 Å². The molecule has 3 aromatic rings. The third-order valence-electron chi connectivity index (χ3n) is 4.54. The van der Waals surface area contributed by atoms with E-state index >= 15 is 0 Å². The monoisotopic (exact) mass is 411 g/mol. The zero-order valence-corrected chi connectivity index (χ0v) is 15.1. The molecule has 5 nitrogen and oxygen atoms in total. The van der Waals surface area contributed by atoms with Crippen LogP contribution in [0.5, 0.6) is 0 Å². The van der Waals surface area contributed by atoms with E-state index in [0.29, 0.717) is 4.83 Å². The molecular weight excluding hydrogens is 398 g/mol. The molecule has 1 aromatic carbocycles. The van der Waals surface area contributed by atoms with Crippen molar-refractivity contribution in [2.45, 2.75) is 32.3 Å². The quantitative estimate of drug-likeness (QED) is 0.304. The molecule has 10 heteroatoms. The van der Waals surface area contributed by atoms with Gasteiger partial charge in [-0.2, -0.15) is 0 Å². The first kappa shape index (κ1) is 18.6. The number of halogens is 4. The highest BCUT2D eigenvalue weighted by atomic mass is 32.1. The summed E-state index contributed by atoms with van der Waals surface area (Å²) >= 11 is 1.49. The Labute approximate surface area is 160 Å². The fourth-order valence-electron chi connectivity index (χ4n) is 3.23. The Morgan fingerprint density at radius 2 is 1.86 bits per heavy atom. The van der Waals surface area contributed by atoms with E-state index in [4.69, 9.17) is 10.5 Å². The predicted molar refractivity (Wildman–Crippen MR) is 93.9 cm³/mol. The van der Waals surface area contributed by atoms with Gasteiger partial charge in [-0.1, -0.05) is 0 Å². The summed E-state index contributed by atoms with van der Waals surface area (Å²) in [6, 6.07) is 0.238. The van der Waals surface area contributed by atoms with Crippen molar-refractivity contribution in [2.24, 2.45) is 0 Å². The molecule has 0 fully saturated rings. The van der Waals surface area contributed by atoms with Crippen molar-refractivity contribution in [3.63, 3.8) is 0 Å². The van der Waals surface area contributed by atoms with E-state index in [1.165, 1.54) is 16.2 Å². The zero-order valence-electron chi connectivity index (χ0n) is 14.3. The Morgan fingerprint density at radius 3 is 2.64 bits per heavy atom. The smallest absolute Gasteiger partial charge is 0.341 e. The normalized spacial score (nSPS) is 13.6. The van der Waals surface area contributed by atoms with Crippen LogP contribution < -0.4 is 5.73 Å². The molecule has 0 unspecified atom stereocenters. The molecule has 28 heavy (non-hydrogen) atoms. The maximum atomic E-state index is 13.7. The lowest BCUT2D eigenvalue weighted by Crippen LogP contribution is -2.13. The van der Waals surface area contributed by atoms with E-state index < -0.39 is 41.4 Å². The molecule has 0 spiro atoms. The van der Waals surface area contributed by atoms with E-state index in [-0.39, 0.29) is 17.7 Å². The minimum absolute atomic E-state index is 0.0698. The lowest BCUT2D eigenvalue weighted by atomic mass is 9.97. The number of aryl methyl sites for hydroxylation is 2. The zero-order chi connectivity index (χ0) is 20.0. The second-order valence-corrected chi connectivity index (χ2v) is 7.42. The van der Waals surface area contributed by atoms with Gasteiger partial charge in [-0.15, -0.1) is 11.3 Å². The minimum atomic E-state index is -2.09. The van der Waals surface area contributed by atoms with Crippen LogP contribution in [-0.2, 0) is 24.2 Å². The van der Waals surface area contributed by atoms with Crippen LogP contribution in [0.3, 0.4) is 0 Å². The van der Waals surface area contributed by atoms with Crippen molar-refractivity contribution in [1.29, 1.82) is 0 Å². The van der Waals surface area contributed by atoms with Gasteiger partial charge >= 0.3 is 5.97 Å². The molecular formula is C18H13F4N3O2S. The van der Waals surface area contributed by atoms with Crippen molar-refractivity contribution in [2.75, 3.05) is 5.73 Å². The maximum absolute atomic E-state index is 13.7. The Balaban J connectivity index is 1.59. The van der Waals surface area contributed by atoms with Gasteiger partial charge in [0.15, 0.2) is 35.7 Å². The van der Waals surface area contributed by atoms with E-state index in [1.807, 2.05) is 0 Å². The number of benzene rings is 1. The van der Waals surface area contributed by atoms with Crippen LogP contribution in [0.15, 0.2) is 6.07 Å². The molecule has 2 N–H and O–H groups in total. The van der Waals surface area contributed by atoms with Crippen molar-refractivity contribution >= 4 is 33.3 Å². The molecule has 0 radical (unpaired) electrons. The number of carbonyl (C=O) groups is 1. The predicted octanol–water partition coefficient (Wildman–Crippen LogP) is 4.07. The molecule has 0 atom stereocenters. The molecule has 1 aliphatic carbocycles. The number of ether oxygens (including phenoxy) is 1. The van der Waals surface area contributed by atoms with Gasteiger partial charge in [0.05, 0.1) is 5.39 Å². The standard InChI is InChI=1S/C18H13F4N3O2S/c19-9-5-8(13(20)15(22)14(9)21)18(26)27-6-11-24-16(23)12-7-3-1-2-4-10(7)28-17(12)25-11/h5H,1-4,6H2,(H2,23,24,25). The summed E-state index contributed by atoms with van der Waals surface area (Å²) in [5.74, 6) is -8.66. The van der Waals surface area contributed by atoms with Gasteiger partial charge in [-0.05, 0) is 37.3 Å². The number of aromatic nitrogens is 2. The summed E-state index contributed by atoms with van der Waals surface area (Å²) < 4.78 is 58.1. The molecule has 0 saturated carbocycles. The average molecular weight is 411 g/mol. The Kier molecular flexibility index (Phi) is 4.66. The Bertz CT molecular complexity index is 1120. The third kappa shape index (κ3) is 3.07. The van der Waals surface area contributed by atoms with Gasteiger partial charge in [0.1, 0.15) is 16.2 Å². The fourth-order valence-corrected chi connectivity index (χ4v) is 4.51. The average Bonchev–Trinajstić information content (AvgIpc) is 3.06. The van der Waals surface area contributed by atoms with Gasteiger partial charge < -0.3 is 10.5 Å². The molecule has 2 heterocycles. The molecule has 0 amide bonds. The summed E-state index contributed by atoms with van der Waals surface area (Å²) in [4.78, 5) is 22.3. The van der Waals surface area contributed by atoms with Crippen molar-refractivity contribution in [3.8, 4) is 0 Å². The van der Waals surface area contributed by atoms with Crippen molar-refractivity contribution in [3.05, 3.63) is 51.2 Å². The topological polar surface area (TPSA) is 78.1 Å². The number of nitrogen functional groups attached to an aromatic ring is 1. The Hall–Kier alpha value is -2.75. The molecule has 0 aliphatic heterocycles. The first-order chi connectivity index (χ1) is 13.4. The number of esters is 1. The summed E-state index contributed by atoms with van der Waals surface area (Å²) in [6.07, 6.45) is 4.00. The van der Waals surface area contributed by atoms with Crippen LogP contribution in [0.4, 0.5) is 23.4 Å². The number of anilines is 1. The summed E-state index contributed by atoms with van der Waals surface area (Å²) in [5, 5.41) is 0.795. The van der Waals surface area contributed by atoms with E-state index in [1.54, 1.807) is 0 Å². The number of hydrogen-bond acceptors (Lipinski definition) is 6. The Morgan fingerprint density at radius 1 is 1.11 bits per heavy atom. The van der Waals surface area contributed by atoms with Crippen LogP contribution in [0.25, 0.3) is 10.2 Å². The van der Waals surface area contributed by atoms with Gasteiger partial charge in [0.25, 0.3) is 0 Å². The lowest BCUT2D eigenvalue weighted by molar-refractivity contribution is 0.0455. The number of nitrogens with two attached hydrogens (primary N) is 1.